The molecule has 0 spiro atoms. The molecular formula is C25H30N6O6S. The van der Waals surface area contributed by atoms with E-state index in [2.05, 4.69) is 10.2 Å². The summed E-state index contributed by atoms with van der Waals surface area (Å²) in [4.78, 5) is 26.8. The van der Waals surface area contributed by atoms with E-state index in [1.54, 1.807) is 46.9 Å². The molecule has 0 saturated carbocycles. The standard InChI is InChI=1S/C25H30N6O6S/c1-17-19(15-27-28-17)16-37-20-7-8-22(24(26)32)18(13-20)14-23(25(33)29-34)30-9-11-31(12-10-30)38(35,36)21-5-3-2-4-6-21/h2-8,13,15,23,34H,9-12,14,16H2,1H3,(H2,26,32)(H,27,28)(H,29,33)/t23-/m0/s1. The summed E-state index contributed by atoms with van der Waals surface area (Å²) in [5.41, 5.74) is 9.70. The predicted molar refractivity (Wildman–Crippen MR) is 137 cm³/mol. The Hall–Kier alpha value is -3.78. The third kappa shape index (κ3) is 6.02. The molecular weight excluding hydrogens is 512 g/mol. The second-order valence-electron chi connectivity index (χ2n) is 8.94. The van der Waals surface area contributed by atoms with Crippen LogP contribution in [0.25, 0.3) is 0 Å². The molecule has 38 heavy (non-hydrogen) atoms. The lowest BCUT2D eigenvalue weighted by atomic mass is 9.97. The van der Waals surface area contributed by atoms with Gasteiger partial charge in [0.05, 0.1) is 17.1 Å². The number of carbonyl (C=O) groups is 2. The van der Waals surface area contributed by atoms with Crippen molar-refractivity contribution in [2.24, 2.45) is 5.73 Å². The molecule has 4 rings (SSSR count). The summed E-state index contributed by atoms with van der Waals surface area (Å²) in [6.07, 6.45) is 1.70. The molecule has 1 fully saturated rings. The number of rotatable bonds is 10. The number of piperazine rings is 1. The molecule has 0 bridgehead atoms. The Labute approximate surface area is 220 Å². The van der Waals surface area contributed by atoms with Crippen molar-refractivity contribution in [1.29, 1.82) is 0 Å². The normalized spacial score (nSPS) is 15.6. The van der Waals surface area contributed by atoms with E-state index >= 15 is 0 Å². The van der Waals surface area contributed by atoms with Crippen molar-refractivity contribution in [3.8, 4) is 5.75 Å². The topological polar surface area (TPSA) is 171 Å². The van der Waals surface area contributed by atoms with E-state index in [0.717, 1.165) is 11.3 Å². The molecule has 0 radical (unpaired) electrons. The van der Waals surface area contributed by atoms with Crippen LogP contribution in [0.2, 0.25) is 0 Å². The zero-order valence-electron chi connectivity index (χ0n) is 20.8. The first-order valence-corrected chi connectivity index (χ1v) is 13.4. The highest BCUT2D eigenvalue weighted by atomic mass is 32.2. The van der Waals surface area contributed by atoms with Crippen LogP contribution in [0.4, 0.5) is 0 Å². The molecule has 5 N–H and O–H groups in total. The van der Waals surface area contributed by atoms with Gasteiger partial charge < -0.3 is 10.5 Å². The Morgan fingerprint density at radius 2 is 1.84 bits per heavy atom. The Morgan fingerprint density at radius 1 is 1.13 bits per heavy atom. The molecule has 1 atom stereocenters. The van der Waals surface area contributed by atoms with Crippen LogP contribution in [-0.2, 0) is 27.8 Å². The van der Waals surface area contributed by atoms with Crippen LogP contribution in [-0.4, -0.2) is 77.1 Å². The van der Waals surface area contributed by atoms with Gasteiger partial charge in [0, 0.05) is 43.0 Å². The second kappa shape index (κ2) is 11.7. The van der Waals surface area contributed by atoms with E-state index in [1.807, 2.05) is 6.92 Å². The maximum atomic E-state index is 13.0. The lowest BCUT2D eigenvalue weighted by Gasteiger charge is -2.38. The van der Waals surface area contributed by atoms with Gasteiger partial charge in [0.2, 0.25) is 15.9 Å². The van der Waals surface area contributed by atoms with E-state index in [1.165, 1.54) is 22.5 Å². The first-order chi connectivity index (χ1) is 18.2. The number of sulfonamides is 1. The maximum absolute atomic E-state index is 13.0. The number of hydrogen-bond donors (Lipinski definition) is 4. The summed E-state index contributed by atoms with van der Waals surface area (Å²) in [5, 5.41) is 16.2. The van der Waals surface area contributed by atoms with Gasteiger partial charge in [-0.1, -0.05) is 18.2 Å². The fraction of sp³-hybridized carbons (Fsp3) is 0.320. The fourth-order valence-electron chi connectivity index (χ4n) is 4.42. The minimum atomic E-state index is -3.68. The fourth-order valence-corrected chi connectivity index (χ4v) is 5.86. The highest BCUT2D eigenvalue weighted by Gasteiger charge is 2.34. The van der Waals surface area contributed by atoms with Crippen molar-refractivity contribution in [3.63, 3.8) is 0 Å². The molecule has 12 nitrogen and oxygen atoms in total. The van der Waals surface area contributed by atoms with Crippen LogP contribution in [0.3, 0.4) is 0 Å². The lowest BCUT2D eigenvalue weighted by molar-refractivity contribution is -0.135. The molecule has 1 aliphatic rings. The number of nitrogens with one attached hydrogen (secondary N) is 2. The Morgan fingerprint density at radius 3 is 2.45 bits per heavy atom. The lowest BCUT2D eigenvalue weighted by Crippen LogP contribution is -2.56. The summed E-state index contributed by atoms with van der Waals surface area (Å²) in [5.74, 6) is -0.883. The van der Waals surface area contributed by atoms with Crippen molar-refractivity contribution < 1.29 is 28.0 Å². The van der Waals surface area contributed by atoms with Gasteiger partial charge >= 0.3 is 0 Å². The van der Waals surface area contributed by atoms with Gasteiger partial charge in [-0.15, -0.1) is 0 Å². The van der Waals surface area contributed by atoms with E-state index in [-0.39, 0.29) is 49.7 Å². The van der Waals surface area contributed by atoms with Gasteiger partial charge in [0.15, 0.2) is 0 Å². The van der Waals surface area contributed by atoms with E-state index in [0.29, 0.717) is 11.3 Å². The van der Waals surface area contributed by atoms with E-state index in [9.17, 15) is 23.2 Å². The number of amides is 2. The molecule has 1 aliphatic heterocycles. The number of hydroxylamine groups is 1. The first-order valence-electron chi connectivity index (χ1n) is 12.0. The summed E-state index contributed by atoms with van der Waals surface area (Å²) in [6, 6.07) is 12.1. The number of nitrogens with two attached hydrogens (primary N) is 1. The minimum absolute atomic E-state index is 0.0397. The second-order valence-corrected chi connectivity index (χ2v) is 10.9. The number of ether oxygens (including phenoxy) is 1. The van der Waals surface area contributed by atoms with Crippen LogP contribution < -0.4 is 16.0 Å². The molecule has 1 aromatic heterocycles. The quantitative estimate of drug-likeness (QED) is 0.215. The molecule has 13 heteroatoms. The zero-order valence-corrected chi connectivity index (χ0v) is 21.6. The summed E-state index contributed by atoms with van der Waals surface area (Å²) in [6.45, 7) is 2.91. The van der Waals surface area contributed by atoms with Crippen molar-refractivity contribution >= 4 is 21.8 Å². The summed E-state index contributed by atoms with van der Waals surface area (Å²) < 4.78 is 33.2. The van der Waals surface area contributed by atoms with Crippen LogP contribution in [0.5, 0.6) is 5.75 Å². The maximum Gasteiger partial charge on any atom is 0.261 e. The minimum Gasteiger partial charge on any atom is -0.489 e. The largest absolute Gasteiger partial charge is 0.489 e. The number of H-pyrrole nitrogens is 1. The van der Waals surface area contributed by atoms with Crippen LogP contribution in [0, 0.1) is 6.92 Å². The van der Waals surface area contributed by atoms with Crippen molar-refractivity contribution in [3.05, 3.63) is 77.1 Å². The summed E-state index contributed by atoms with van der Waals surface area (Å²) in [7, 11) is -3.68. The molecule has 2 amide bonds. The number of nitrogens with zero attached hydrogens (tertiary/aromatic N) is 3. The Bertz CT molecular complexity index is 1390. The number of carbonyl (C=O) groups excluding carboxylic acids is 2. The smallest absolute Gasteiger partial charge is 0.261 e. The molecule has 202 valence electrons. The zero-order chi connectivity index (χ0) is 27.3. The number of primary amides is 1. The molecule has 0 aliphatic carbocycles. The van der Waals surface area contributed by atoms with Crippen molar-refractivity contribution in [2.75, 3.05) is 26.2 Å². The summed E-state index contributed by atoms with van der Waals surface area (Å²) >= 11 is 0. The molecule has 2 aromatic carbocycles. The highest BCUT2D eigenvalue weighted by molar-refractivity contribution is 7.89. The number of hydrogen-bond acceptors (Lipinski definition) is 8. The average Bonchev–Trinajstić information content (AvgIpc) is 3.35. The van der Waals surface area contributed by atoms with E-state index in [4.69, 9.17) is 10.5 Å². The molecule has 1 saturated heterocycles. The average molecular weight is 543 g/mol. The van der Waals surface area contributed by atoms with Gasteiger partial charge in [0.1, 0.15) is 12.4 Å². The Balaban J connectivity index is 1.51. The number of aryl methyl sites for hydroxylation is 1. The number of aromatic amines is 1. The van der Waals surface area contributed by atoms with Gasteiger partial charge in [-0.2, -0.15) is 9.40 Å². The highest BCUT2D eigenvalue weighted by Crippen LogP contribution is 2.24. The van der Waals surface area contributed by atoms with E-state index < -0.39 is 27.9 Å². The van der Waals surface area contributed by atoms with Gasteiger partial charge in [0.25, 0.3) is 5.91 Å². The molecule has 3 aromatic rings. The first kappa shape index (κ1) is 27.3. The van der Waals surface area contributed by atoms with Crippen LogP contribution in [0.15, 0.2) is 59.6 Å². The monoisotopic (exact) mass is 542 g/mol. The number of benzene rings is 2. The third-order valence-corrected chi connectivity index (χ3v) is 8.50. The third-order valence-electron chi connectivity index (χ3n) is 6.59. The van der Waals surface area contributed by atoms with Gasteiger partial charge in [-0.05, 0) is 49.2 Å². The van der Waals surface area contributed by atoms with Gasteiger partial charge in [-0.25, -0.2) is 13.9 Å². The van der Waals surface area contributed by atoms with Crippen LogP contribution >= 0.6 is 0 Å². The molecule has 2 heterocycles. The van der Waals surface area contributed by atoms with Gasteiger partial charge in [-0.3, -0.25) is 24.8 Å². The predicted octanol–water partition coefficient (Wildman–Crippen LogP) is 0.819. The van der Waals surface area contributed by atoms with Crippen molar-refractivity contribution in [1.82, 2.24) is 24.9 Å². The van der Waals surface area contributed by atoms with Crippen LogP contribution in [0.1, 0.15) is 27.2 Å². The Kier molecular flexibility index (Phi) is 8.42. The number of aromatic nitrogens is 2. The molecule has 0 unspecified atom stereocenters. The SMILES string of the molecule is Cc1[nH]ncc1COc1ccc(C(N)=O)c(C[C@@H](C(=O)NO)N2CCN(S(=O)(=O)c3ccccc3)CC2)c1. The van der Waals surface area contributed by atoms with Crippen molar-refractivity contribution in [2.45, 2.75) is 30.9 Å².